The zero-order valence-corrected chi connectivity index (χ0v) is 19.6. The first-order valence-corrected chi connectivity index (χ1v) is 8.61. The molecule has 0 saturated carbocycles. The number of nitrogens with zero attached hydrogens (tertiary/aromatic N) is 3. The van der Waals surface area contributed by atoms with Crippen LogP contribution in [0.1, 0.15) is 5.56 Å². The van der Waals surface area contributed by atoms with Gasteiger partial charge in [-0.15, -0.1) is 34.0 Å². The van der Waals surface area contributed by atoms with Crippen LogP contribution in [0.25, 0.3) is 22.2 Å². The molecule has 0 aliphatic carbocycles. The van der Waals surface area contributed by atoms with Gasteiger partial charge in [0.1, 0.15) is 0 Å². The van der Waals surface area contributed by atoms with Crippen LogP contribution < -0.4 is 4.90 Å². The van der Waals surface area contributed by atoms with Gasteiger partial charge in [0.15, 0.2) is 0 Å². The van der Waals surface area contributed by atoms with Crippen molar-refractivity contribution in [2.75, 3.05) is 38.1 Å². The molecule has 4 rings (SSSR count). The average molecular weight is 515 g/mol. The number of para-hydroxylation sites is 1. The minimum Gasteiger partial charge on any atom is -0.412 e. The normalized spacial score (nSPS) is 13.6. The molecule has 0 atom stereocenters. The molecule has 3 aromatic rings. The molecule has 28 heavy (non-hydrogen) atoms. The number of anilines is 1. The summed E-state index contributed by atoms with van der Waals surface area (Å²) in [5.41, 5.74) is 5.90. The van der Waals surface area contributed by atoms with Gasteiger partial charge in [-0.3, -0.25) is 0 Å². The minimum atomic E-state index is 0. The van der Waals surface area contributed by atoms with Gasteiger partial charge < -0.3 is 20.8 Å². The van der Waals surface area contributed by atoms with Crippen molar-refractivity contribution in [1.29, 1.82) is 0 Å². The Labute approximate surface area is 187 Å². The van der Waals surface area contributed by atoms with Crippen LogP contribution in [0.15, 0.2) is 54.6 Å². The first-order chi connectivity index (χ1) is 11.7. The van der Waals surface area contributed by atoms with Crippen LogP contribution in [-0.2, 0) is 0 Å². The molecule has 1 aliphatic rings. The van der Waals surface area contributed by atoms with Crippen molar-refractivity contribution in [3.63, 3.8) is 0 Å². The second-order valence-corrected chi connectivity index (χ2v) is 6.70. The lowest BCUT2D eigenvalue weighted by Gasteiger charge is -2.34. The predicted octanol–water partition coefficient (Wildman–Crippen LogP) is 3.47. The summed E-state index contributed by atoms with van der Waals surface area (Å²) in [7, 11) is 2.19. The van der Waals surface area contributed by atoms with Crippen LogP contribution in [-0.4, -0.2) is 54.1 Å². The molecule has 1 saturated heterocycles. The number of likely N-dealkylation sites (N-methyl/N-ethyl adjacent to an activating group) is 1. The highest BCUT2D eigenvalue weighted by atomic mass is 79.9. The summed E-state index contributed by atoms with van der Waals surface area (Å²) in [6, 6.07) is 19.4. The molecule has 0 spiro atoms. The van der Waals surface area contributed by atoms with E-state index in [2.05, 4.69) is 78.4 Å². The van der Waals surface area contributed by atoms with E-state index in [-0.39, 0.29) is 44.9 Å². The fourth-order valence-electron chi connectivity index (χ4n) is 3.34. The topological polar surface area (TPSA) is 82.4 Å². The lowest BCUT2D eigenvalue weighted by Crippen LogP contribution is -2.44. The Morgan fingerprint density at radius 3 is 2.07 bits per heavy atom. The number of aryl methyl sites for hydroxylation is 1. The number of rotatable bonds is 2. The number of hydrogen-bond donors (Lipinski definition) is 0. The number of pyridine rings is 1. The number of halogens is 2. The summed E-state index contributed by atoms with van der Waals surface area (Å²) < 4.78 is 0. The molecule has 0 amide bonds. The van der Waals surface area contributed by atoms with Gasteiger partial charge >= 0.3 is 0 Å². The molecule has 154 valence electrons. The Hall–Kier alpha value is -1.51. The number of fused-ring (bicyclic) bond motifs is 1. The third-order valence-corrected chi connectivity index (χ3v) is 4.89. The van der Waals surface area contributed by atoms with Crippen LogP contribution in [0.2, 0.25) is 0 Å². The first kappa shape index (κ1) is 26.5. The number of aromatic nitrogens is 1. The highest BCUT2D eigenvalue weighted by molar-refractivity contribution is 8.93. The molecule has 2 heterocycles. The van der Waals surface area contributed by atoms with E-state index in [1.54, 1.807) is 0 Å². The van der Waals surface area contributed by atoms with Crippen molar-refractivity contribution in [3.05, 3.63) is 60.2 Å². The summed E-state index contributed by atoms with van der Waals surface area (Å²) >= 11 is 0. The van der Waals surface area contributed by atoms with E-state index in [1.807, 2.05) is 0 Å². The number of benzene rings is 2. The van der Waals surface area contributed by atoms with Gasteiger partial charge in [0.2, 0.25) is 0 Å². The van der Waals surface area contributed by atoms with Gasteiger partial charge in [0, 0.05) is 42.8 Å². The van der Waals surface area contributed by atoms with Crippen molar-refractivity contribution >= 4 is 50.6 Å². The maximum atomic E-state index is 4.91. The van der Waals surface area contributed by atoms with E-state index in [9.17, 15) is 0 Å². The summed E-state index contributed by atoms with van der Waals surface area (Å²) in [5, 5.41) is 1.25. The van der Waals surface area contributed by atoms with E-state index in [0.717, 1.165) is 37.4 Å². The average Bonchev–Trinajstić information content (AvgIpc) is 2.62. The zero-order valence-electron chi connectivity index (χ0n) is 16.2. The summed E-state index contributed by atoms with van der Waals surface area (Å²) in [5.74, 6) is 0. The van der Waals surface area contributed by atoms with Crippen molar-refractivity contribution in [2.45, 2.75) is 6.92 Å². The molecule has 1 aromatic heterocycles. The van der Waals surface area contributed by atoms with E-state index in [0.29, 0.717) is 0 Å². The SMILES string of the molecule is Br.Br.Cc1ccc(-c2cc(N3CCN(C)CC3)c3ccccc3n2)cc1.O.O. The van der Waals surface area contributed by atoms with Crippen LogP contribution >= 0.6 is 34.0 Å². The van der Waals surface area contributed by atoms with E-state index in [4.69, 9.17) is 4.98 Å². The molecule has 7 heteroatoms. The standard InChI is InChI=1S/C21H23N3.2BrH.2H2O/c1-16-7-9-17(10-8-16)20-15-21(24-13-11-23(2)12-14-24)18-5-3-4-6-19(18)22-20;;;;/h3-10,15H,11-14H2,1-2H3;2*1H;2*1H2. The lowest BCUT2D eigenvalue weighted by molar-refractivity contribution is 0.313. The molecule has 0 unspecified atom stereocenters. The van der Waals surface area contributed by atoms with Gasteiger partial charge in [0.05, 0.1) is 11.2 Å². The van der Waals surface area contributed by atoms with Gasteiger partial charge in [-0.05, 0) is 26.1 Å². The maximum Gasteiger partial charge on any atom is 0.0730 e. The smallest absolute Gasteiger partial charge is 0.0730 e. The van der Waals surface area contributed by atoms with Crippen molar-refractivity contribution in [1.82, 2.24) is 9.88 Å². The molecule has 1 fully saturated rings. The fourth-order valence-corrected chi connectivity index (χ4v) is 3.34. The van der Waals surface area contributed by atoms with E-state index >= 15 is 0 Å². The monoisotopic (exact) mass is 513 g/mol. The van der Waals surface area contributed by atoms with Crippen LogP contribution in [0.3, 0.4) is 0 Å². The Bertz CT molecular complexity index is 867. The maximum absolute atomic E-state index is 4.91. The first-order valence-electron chi connectivity index (χ1n) is 8.61. The summed E-state index contributed by atoms with van der Waals surface area (Å²) in [6.07, 6.45) is 0. The Morgan fingerprint density at radius 1 is 0.821 bits per heavy atom. The fraction of sp³-hybridized carbons (Fsp3) is 0.286. The molecular weight excluding hydrogens is 486 g/mol. The number of hydrogen-bond acceptors (Lipinski definition) is 3. The second kappa shape index (κ2) is 11.5. The lowest BCUT2D eigenvalue weighted by atomic mass is 10.1. The summed E-state index contributed by atoms with van der Waals surface area (Å²) in [4.78, 5) is 9.80. The van der Waals surface area contributed by atoms with Crippen LogP contribution in [0, 0.1) is 6.92 Å². The zero-order chi connectivity index (χ0) is 16.5. The highest BCUT2D eigenvalue weighted by Gasteiger charge is 2.18. The second-order valence-electron chi connectivity index (χ2n) is 6.70. The summed E-state index contributed by atoms with van der Waals surface area (Å²) in [6.45, 7) is 6.47. The van der Waals surface area contributed by atoms with E-state index in [1.165, 1.54) is 22.2 Å². The van der Waals surface area contributed by atoms with Gasteiger partial charge in [-0.25, -0.2) is 4.98 Å². The Balaban J connectivity index is 0.00000182. The molecule has 0 radical (unpaired) electrons. The van der Waals surface area contributed by atoms with Crippen molar-refractivity contribution in [2.24, 2.45) is 0 Å². The molecule has 2 aromatic carbocycles. The molecule has 1 aliphatic heterocycles. The molecular formula is C21H29Br2N3O2. The highest BCUT2D eigenvalue weighted by Crippen LogP contribution is 2.31. The Morgan fingerprint density at radius 2 is 1.43 bits per heavy atom. The minimum absolute atomic E-state index is 0. The van der Waals surface area contributed by atoms with Gasteiger partial charge in [-0.1, -0.05) is 48.0 Å². The van der Waals surface area contributed by atoms with E-state index < -0.39 is 0 Å². The third kappa shape index (κ3) is 5.52. The Kier molecular flexibility index (Phi) is 10.9. The van der Waals surface area contributed by atoms with Crippen LogP contribution in [0.5, 0.6) is 0 Å². The van der Waals surface area contributed by atoms with Crippen LogP contribution in [0.4, 0.5) is 5.69 Å². The number of piperazine rings is 1. The largest absolute Gasteiger partial charge is 0.412 e. The van der Waals surface area contributed by atoms with Crippen molar-refractivity contribution in [3.8, 4) is 11.3 Å². The predicted molar refractivity (Wildman–Crippen MR) is 129 cm³/mol. The van der Waals surface area contributed by atoms with Crippen molar-refractivity contribution < 1.29 is 11.0 Å². The molecule has 0 bridgehead atoms. The third-order valence-electron chi connectivity index (χ3n) is 4.89. The molecule has 5 nitrogen and oxygen atoms in total. The van der Waals surface area contributed by atoms with Gasteiger partial charge in [0.25, 0.3) is 0 Å². The quantitative estimate of drug-likeness (QED) is 0.525. The van der Waals surface area contributed by atoms with Gasteiger partial charge in [-0.2, -0.15) is 0 Å². The molecule has 4 N–H and O–H groups in total.